The van der Waals surface area contributed by atoms with Gasteiger partial charge in [-0.05, 0) is 19.4 Å². The maximum atomic E-state index is 5.70. The van der Waals surface area contributed by atoms with Gasteiger partial charge >= 0.3 is 0 Å². The molecule has 3 heteroatoms. The molecular formula is C12H13N3. The van der Waals surface area contributed by atoms with Crippen LogP contribution in [-0.2, 0) is 0 Å². The van der Waals surface area contributed by atoms with E-state index in [0.29, 0.717) is 11.6 Å². The molecule has 0 unspecified atom stereocenters. The minimum Gasteiger partial charge on any atom is -0.384 e. The van der Waals surface area contributed by atoms with Gasteiger partial charge in [0.1, 0.15) is 11.6 Å². The standard InChI is InChI=1S/C12H13N3/c1-8-5-3-4-6-10(8)11-7-12(13)15-9(2)14-11/h3-7H,1-2H3,(H2,13,14,15). The summed E-state index contributed by atoms with van der Waals surface area (Å²) in [5, 5.41) is 0. The first-order valence-corrected chi connectivity index (χ1v) is 4.84. The molecule has 0 radical (unpaired) electrons. The summed E-state index contributed by atoms with van der Waals surface area (Å²) >= 11 is 0. The van der Waals surface area contributed by atoms with Gasteiger partial charge in [0, 0.05) is 11.6 Å². The number of rotatable bonds is 1. The summed E-state index contributed by atoms with van der Waals surface area (Å²) in [5.41, 5.74) is 8.88. The Labute approximate surface area is 89.0 Å². The average molecular weight is 199 g/mol. The fraction of sp³-hybridized carbons (Fsp3) is 0.167. The molecule has 0 bridgehead atoms. The minimum absolute atomic E-state index is 0.515. The van der Waals surface area contributed by atoms with E-state index < -0.39 is 0 Å². The van der Waals surface area contributed by atoms with Crippen LogP contribution in [0.15, 0.2) is 30.3 Å². The van der Waals surface area contributed by atoms with Crippen LogP contribution in [0, 0.1) is 13.8 Å². The summed E-state index contributed by atoms with van der Waals surface area (Å²) in [5.74, 6) is 1.22. The quantitative estimate of drug-likeness (QED) is 0.767. The first-order valence-electron chi connectivity index (χ1n) is 4.84. The third-order valence-electron chi connectivity index (χ3n) is 2.28. The van der Waals surface area contributed by atoms with E-state index in [0.717, 1.165) is 11.3 Å². The molecule has 2 aromatic rings. The Morgan fingerprint density at radius 1 is 1.07 bits per heavy atom. The number of aromatic nitrogens is 2. The van der Waals surface area contributed by atoms with Crippen molar-refractivity contribution in [3.05, 3.63) is 41.7 Å². The zero-order valence-electron chi connectivity index (χ0n) is 8.86. The van der Waals surface area contributed by atoms with Gasteiger partial charge in [-0.15, -0.1) is 0 Å². The van der Waals surface area contributed by atoms with Gasteiger partial charge in [-0.25, -0.2) is 9.97 Å². The van der Waals surface area contributed by atoms with Crippen LogP contribution < -0.4 is 5.73 Å². The third-order valence-corrected chi connectivity index (χ3v) is 2.28. The normalized spacial score (nSPS) is 10.3. The molecule has 0 saturated carbocycles. The van der Waals surface area contributed by atoms with Crippen LogP contribution in [0.1, 0.15) is 11.4 Å². The van der Waals surface area contributed by atoms with Crippen LogP contribution >= 0.6 is 0 Å². The summed E-state index contributed by atoms with van der Waals surface area (Å²) in [6, 6.07) is 9.90. The van der Waals surface area contributed by atoms with Gasteiger partial charge in [-0.3, -0.25) is 0 Å². The fourth-order valence-electron chi connectivity index (χ4n) is 1.59. The van der Waals surface area contributed by atoms with Crippen molar-refractivity contribution >= 4 is 5.82 Å². The van der Waals surface area contributed by atoms with E-state index in [1.807, 2.05) is 25.1 Å². The lowest BCUT2D eigenvalue weighted by atomic mass is 10.1. The third kappa shape index (κ3) is 1.96. The molecular weight excluding hydrogens is 186 g/mol. The molecule has 2 N–H and O–H groups in total. The lowest BCUT2D eigenvalue weighted by Gasteiger charge is -2.06. The van der Waals surface area contributed by atoms with Gasteiger partial charge < -0.3 is 5.73 Å². The van der Waals surface area contributed by atoms with Crippen molar-refractivity contribution in [2.45, 2.75) is 13.8 Å². The predicted molar refractivity (Wildman–Crippen MR) is 61.4 cm³/mol. The maximum Gasteiger partial charge on any atom is 0.128 e. The second-order valence-electron chi connectivity index (χ2n) is 3.54. The van der Waals surface area contributed by atoms with Crippen molar-refractivity contribution in [1.82, 2.24) is 9.97 Å². The molecule has 0 amide bonds. The molecule has 0 aliphatic carbocycles. The summed E-state index contributed by atoms with van der Waals surface area (Å²) in [7, 11) is 0. The van der Waals surface area contributed by atoms with E-state index in [1.54, 1.807) is 6.07 Å². The number of nitrogen functional groups attached to an aromatic ring is 1. The molecule has 0 aliphatic rings. The zero-order valence-corrected chi connectivity index (χ0v) is 8.86. The highest BCUT2D eigenvalue weighted by Gasteiger charge is 2.04. The van der Waals surface area contributed by atoms with E-state index in [1.165, 1.54) is 5.56 Å². The highest BCUT2D eigenvalue weighted by Crippen LogP contribution is 2.21. The number of hydrogen-bond donors (Lipinski definition) is 1. The van der Waals surface area contributed by atoms with E-state index >= 15 is 0 Å². The number of anilines is 1. The maximum absolute atomic E-state index is 5.70. The van der Waals surface area contributed by atoms with E-state index in [4.69, 9.17) is 5.73 Å². The lowest BCUT2D eigenvalue weighted by molar-refractivity contribution is 1.06. The number of hydrogen-bond acceptors (Lipinski definition) is 3. The Balaban J connectivity index is 2.59. The topological polar surface area (TPSA) is 51.8 Å². The number of nitrogens with zero attached hydrogens (tertiary/aromatic N) is 2. The molecule has 0 atom stereocenters. The largest absolute Gasteiger partial charge is 0.384 e. The molecule has 3 nitrogen and oxygen atoms in total. The van der Waals surface area contributed by atoms with Gasteiger partial charge in [0.2, 0.25) is 0 Å². The van der Waals surface area contributed by atoms with Crippen LogP contribution in [0.3, 0.4) is 0 Å². The molecule has 15 heavy (non-hydrogen) atoms. The highest BCUT2D eigenvalue weighted by atomic mass is 14.9. The van der Waals surface area contributed by atoms with Crippen molar-refractivity contribution < 1.29 is 0 Å². The molecule has 0 aliphatic heterocycles. The van der Waals surface area contributed by atoms with Gasteiger partial charge in [0.25, 0.3) is 0 Å². The van der Waals surface area contributed by atoms with Crippen LogP contribution in [0.5, 0.6) is 0 Å². The Bertz CT molecular complexity index is 472. The molecule has 0 spiro atoms. The Hall–Kier alpha value is -1.90. The average Bonchev–Trinajstić information content (AvgIpc) is 2.16. The van der Waals surface area contributed by atoms with Crippen molar-refractivity contribution in [1.29, 1.82) is 0 Å². The second kappa shape index (κ2) is 3.69. The minimum atomic E-state index is 0.515. The molecule has 2 rings (SSSR count). The van der Waals surface area contributed by atoms with E-state index in [-0.39, 0.29) is 0 Å². The molecule has 1 heterocycles. The number of aryl methyl sites for hydroxylation is 2. The zero-order chi connectivity index (χ0) is 10.8. The van der Waals surface area contributed by atoms with E-state index in [9.17, 15) is 0 Å². The van der Waals surface area contributed by atoms with Crippen molar-refractivity contribution in [3.8, 4) is 11.3 Å². The highest BCUT2D eigenvalue weighted by molar-refractivity contribution is 5.65. The van der Waals surface area contributed by atoms with Gasteiger partial charge in [0.05, 0.1) is 5.69 Å². The lowest BCUT2D eigenvalue weighted by Crippen LogP contribution is -1.97. The van der Waals surface area contributed by atoms with Crippen molar-refractivity contribution in [2.75, 3.05) is 5.73 Å². The van der Waals surface area contributed by atoms with Crippen LogP contribution in [0.2, 0.25) is 0 Å². The summed E-state index contributed by atoms with van der Waals surface area (Å²) in [4.78, 5) is 8.43. The number of benzene rings is 1. The number of nitrogens with two attached hydrogens (primary N) is 1. The fourth-order valence-corrected chi connectivity index (χ4v) is 1.59. The first kappa shape index (κ1) is 9.65. The smallest absolute Gasteiger partial charge is 0.128 e. The molecule has 1 aromatic carbocycles. The monoisotopic (exact) mass is 199 g/mol. The molecule has 76 valence electrons. The summed E-state index contributed by atoms with van der Waals surface area (Å²) in [6.45, 7) is 3.90. The first-order chi connectivity index (χ1) is 7.16. The Kier molecular flexibility index (Phi) is 2.37. The molecule has 0 fully saturated rings. The van der Waals surface area contributed by atoms with Crippen molar-refractivity contribution in [3.63, 3.8) is 0 Å². The van der Waals surface area contributed by atoms with Crippen LogP contribution in [0.4, 0.5) is 5.82 Å². The van der Waals surface area contributed by atoms with E-state index in [2.05, 4.69) is 23.0 Å². The molecule has 1 aromatic heterocycles. The SMILES string of the molecule is Cc1nc(N)cc(-c2ccccc2C)n1. The molecule has 0 saturated heterocycles. The van der Waals surface area contributed by atoms with Gasteiger partial charge in [0.15, 0.2) is 0 Å². The van der Waals surface area contributed by atoms with Gasteiger partial charge in [-0.2, -0.15) is 0 Å². The predicted octanol–water partition coefficient (Wildman–Crippen LogP) is 2.34. The Morgan fingerprint density at radius 2 is 1.80 bits per heavy atom. The Morgan fingerprint density at radius 3 is 2.47 bits per heavy atom. The van der Waals surface area contributed by atoms with Gasteiger partial charge in [-0.1, -0.05) is 24.3 Å². The second-order valence-corrected chi connectivity index (χ2v) is 3.54. The summed E-state index contributed by atoms with van der Waals surface area (Å²) < 4.78 is 0. The van der Waals surface area contributed by atoms with Crippen LogP contribution in [0.25, 0.3) is 11.3 Å². The van der Waals surface area contributed by atoms with Crippen molar-refractivity contribution in [2.24, 2.45) is 0 Å². The summed E-state index contributed by atoms with van der Waals surface area (Å²) in [6.07, 6.45) is 0. The van der Waals surface area contributed by atoms with Crippen LogP contribution in [-0.4, -0.2) is 9.97 Å².